The molecule has 2 aromatic rings. The Bertz CT molecular complexity index is 628. The number of amides is 1. The summed E-state index contributed by atoms with van der Waals surface area (Å²) in [5, 5.41) is 9.80. The van der Waals surface area contributed by atoms with Crippen molar-refractivity contribution in [3.8, 4) is 0 Å². The predicted octanol–water partition coefficient (Wildman–Crippen LogP) is 2.36. The van der Waals surface area contributed by atoms with Crippen molar-refractivity contribution >= 4 is 5.91 Å². The van der Waals surface area contributed by atoms with Crippen LogP contribution in [0.5, 0.6) is 0 Å². The van der Waals surface area contributed by atoms with E-state index in [2.05, 4.69) is 0 Å². The highest BCUT2D eigenvalue weighted by atomic mass is 16.5. The van der Waals surface area contributed by atoms with Gasteiger partial charge in [0.15, 0.2) is 0 Å². The van der Waals surface area contributed by atoms with E-state index in [0.717, 1.165) is 11.1 Å². The summed E-state index contributed by atoms with van der Waals surface area (Å²) in [5.41, 5.74) is 2.81. The Balaban J connectivity index is 2.14. The Morgan fingerprint density at radius 1 is 1.13 bits per heavy atom. The minimum Gasteiger partial charge on any atom is -0.389 e. The number of carbonyl (C=O) groups excluding carboxylic acids is 1. The first kappa shape index (κ1) is 17.2. The number of likely N-dealkylation sites (N-methyl/N-ethyl adjacent to an activating group) is 1. The number of rotatable bonds is 7. The maximum absolute atomic E-state index is 12.7. The van der Waals surface area contributed by atoms with Crippen LogP contribution in [0.2, 0.25) is 0 Å². The molecule has 0 spiro atoms. The van der Waals surface area contributed by atoms with Crippen LogP contribution >= 0.6 is 0 Å². The molecule has 4 nitrogen and oxygen atoms in total. The molecule has 2 aromatic carbocycles. The molecule has 23 heavy (non-hydrogen) atoms. The minimum atomic E-state index is -0.685. The summed E-state index contributed by atoms with van der Waals surface area (Å²) in [6.07, 6.45) is 0.0206. The molecule has 1 atom stereocenters. The molecule has 4 heteroatoms. The first-order valence-electron chi connectivity index (χ1n) is 7.66. The quantitative estimate of drug-likeness (QED) is 0.854. The van der Waals surface area contributed by atoms with Crippen molar-refractivity contribution in [3.63, 3.8) is 0 Å². The summed E-state index contributed by atoms with van der Waals surface area (Å²) < 4.78 is 4.90. The van der Waals surface area contributed by atoms with Crippen molar-refractivity contribution in [1.29, 1.82) is 0 Å². The summed E-state index contributed by atoms with van der Waals surface area (Å²) in [6, 6.07) is 17.7. The molecule has 0 aliphatic heterocycles. The zero-order valence-electron chi connectivity index (χ0n) is 13.6. The van der Waals surface area contributed by atoms with E-state index in [1.807, 2.05) is 54.6 Å². The van der Waals surface area contributed by atoms with Gasteiger partial charge in [0.2, 0.25) is 0 Å². The molecular weight excluding hydrogens is 290 g/mol. The van der Waals surface area contributed by atoms with Gasteiger partial charge in [-0.1, -0.05) is 48.5 Å². The van der Waals surface area contributed by atoms with Gasteiger partial charge >= 0.3 is 0 Å². The maximum Gasteiger partial charge on any atom is 0.253 e. The molecule has 0 aliphatic carbocycles. The second-order valence-electron chi connectivity index (χ2n) is 5.61. The number of nitrogens with zero attached hydrogens (tertiary/aromatic N) is 1. The zero-order chi connectivity index (χ0) is 16.7. The lowest BCUT2D eigenvalue weighted by Crippen LogP contribution is -2.36. The molecular formula is C19H23NO3. The van der Waals surface area contributed by atoms with Crippen LogP contribution in [0, 0.1) is 0 Å². The molecule has 0 aliphatic rings. The third-order valence-electron chi connectivity index (χ3n) is 3.68. The van der Waals surface area contributed by atoms with Gasteiger partial charge in [-0.3, -0.25) is 4.79 Å². The first-order chi connectivity index (χ1) is 11.1. The molecule has 0 aromatic heterocycles. The van der Waals surface area contributed by atoms with Crippen LogP contribution in [0.3, 0.4) is 0 Å². The van der Waals surface area contributed by atoms with E-state index in [-0.39, 0.29) is 19.1 Å². The zero-order valence-corrected chi connectivity index (χ0v) is 13.6. The number of hydrogen-bond acceptors (Lipinski definition) is 3. The van der Waals surface area contributed by atoms with Gasteiger partial charge in [0.25, 0.3) is 5.91 Å². The summed E-state index contributed by atoms with van der Waals surface area (Å²) in [5.74, 6) is -0.0910. The molecule has 0 bridgehead atoms. The van der Waals surface area contributed by atoms with Gasteiger partial charge in [-0.05, 0) is 23.6 Å². The first-order valence-corrected chi connectivity index (χ1v) is 7.66. The van der Waals surface area contributed by atoms with Crippen molar-refractivity contribution in [1.82, 2.24) is 4.90 Å². The second-order valence-corrected chi connectivity index (χ2v) is 5.61. The van der Waals surface area contributed by atoms with Crippen molar-refractivity contribution < 1.29 is 14.6 Å². The van der Waals surface area contributed by atoms with Crippen LogP contribution in [0.1, 0.15) is 21.5 Å². The lowest BCUT2D eigenvalue weighted by molar-refractivity contribution is 0.0380. The third kappa shape index (κ3) is 4.91. The largest absolute Gasteiger partial charge is 0.389 e. The molecule has 122 valence electrons. The average Bonchev–Trinajstić information content (AvgIpc) is 2.56. The highest BCUT2D eigenvalue weighted by Gasteiger charge is 2.18. The van der Waals surface area contributed by atoms with Crippen molar-refractivity contribution in [2.45, 2.75) is 12.5 Å². The fraction of sp³-hybridized carbons (Fsp3) is 0.316. The smallest absolute Gasteiger partial charge is 0.253 e. The molecule has 0 radical (unpaired) electrons. The number of methoxy groups -OCH3 is 1. The third-order valence-corrected chi connectivity index (χ3v) is 3.68. The Morgan fingerprint density at radius 2 is 1.78 bits per heavy atom. The monoisotopic (exact) mass is 313 g/mol. The standard InChI is InChI=1S/C19H23NO3/c1-20(13-17(21)14-23-2)19(22)18-11-7-6-10-16(18)12-15-8-4-3-5-9-15/h3-11,17,21H,12-14H2,1-2H3. The van der Waals surface area contributed by atoms with Gasteiger partial charge in [0.1, 0.15) is 0 Å². The number of ether oxygens (including phenoxy) is 1. The lowest BCUT2D eigenvalue weighted by Gasteiger charge is -2.22. The normalized spacial score (nSPS) is 12.0. The van der Waals surface area contributed by atoms with Crippen LogP contribution in [0.25, 0.3) is 0 Å². The summed E-state index contributed by atoms with van der Waals surface area (Å²) >= 11 is 0. The van der Waals surface area contributed by atoms with Crippen molar-refractivity contribution in [2.75, 3.05) is 27.3 Å². The van der Waals surface area contributed by atoms with E-state index in [4.69, 9.17) is 4.74 Å². The minimum absolute atomic E-state index is 0.0910. The van der Waals surface area contributed by atoms with Gasteiger partial charge in [0, 0.05) is 26.3 Å². The molecule has 0 saturated heterocycles. The summed E-state index contributed by atoms with van der Waals surface area (Å²) in [7, 11) is 3.22. The molecule has 2 rings (SSSR count). The Morgan fingerprint density at radius 3 is 2.48 bits per heavy atom. The van der Waals surface area contributed by atoms with Crippen LogP contribution in [0.4, 0.5) is 0 Å². The molecule has 0 saturated carbocycles. The van der Waals surface area contributed by atoms with Crippen molar-refractivity contribution in [3.05, 3.63) is 71.3 Å². The second kappa shape index (κ2) is 8.46. The van der Waals surface area contributed by atoms with E-state index in [9.17, 15) is 9.90 Å². The van der Waals surface area contributed by atoms with Crippen LogP contribution in [-0.2, 0) is 11.2 Å². The van der Waals surface area contributed by atoms with E-state index in [1.165, 1.54) is 12.0 Å². The topological polar surface area (TPSA) is 49.8 Å². The van der Waals surface area contributed by atoms with Gasteiger partial charge in [-0.2, -0.15) is 0 Å². The van der Waals surface area contributed by atoms with Gasteiger partial charge in [-0.25, -0.2) is 0 Å². The van der Waals surface area contributed by atoms with Crippen LogP contribution in [-0.4, -0.2) is 49.3 Å². The van der Waals surface area contributed by atoms with Crippen molar-refractivity contribution in [2.24, 2.45) is 0 Å². The van der Waals surface area contributed by atoms with Crippen LogP contribution in [0.15, 0.2) is 54.6 Å². The van der Waals surface area contributed by atoms with E-state index >= 15 is 0 Å². The molecule has 1 N–H and O–H groups in total. The Hall–Kier alpha value is -2.17. The Kier molecular flexibility index (Phi) is 6.32. The average molecular weight is 313 g/mol. The summed E-state index contributed by atoms with van der Waals surface area (Å²) in [6.45, 7) is 0.454. The Labute approximate surface area is 137 Å². The highest BCUT2D eigenvalue weighted by Crippen LogP contribution is 2.16. The van der Waals surface area contributed by atoms with E-state index < -0.39 is 6.10 Å². The SMILES string of the molecule is COCC(O)CN(C)C(=O)c1ccccc1Cc1ccccc1. The fourth-order valence-electron chi connectivity index (χ4n) is 2.55. The lowest BCUT2D eigenvalue weighted by atomic mass is 9.99. The molecule has 0 heterocycles. The number of aliphatic hydroxyl groups is 1. The number of aliphatic hydroxyl groups excluding tert-OH is 1. The van der Waals surface area contributed by atoms with E-state index in [1.54, 1.807) is 7.05 Å². The maximum atomic E-state index is 12.7. The molecule has 1 amide bonds. The number of carbonyl (C=O) groups is 1. The number of hydrogen-bond donors (Lipinski definition) is 1. The number of benzene rings is 2. The summed E-state index contributed by atoms with van der Waals surface area (Å²) in [4.78, 5) is 14.2. The highest BCUT2D eigenvalue weighted by molar-refractivity contribution is 5.95. The molecule has 1 unspecified atom stereocenters. The predicted molar refractivity (Wildman–Crippen MR) is 90.5 cm³/mol. The molecule has 0 fully saturated rings. The van der Waals surface area contributed by atoms with Crippen LogP contribution < -0.4 is 0 Å². The van der Waals surface area contributed by atoms with Gasteiger partial charge in [-0.15, -0.1) is 0 Å². The van der Waals surface area contributed by atoms with E-state index in [0.29, 0.717) is 12.0 Å². The van der Waals surface area contributed by atoms with Gasteiger partial charge in [0.05, 0.1) is 12.7 Å². The fourth-order valence-corrected chi connectivity index (χ4v) is 2.55. The van der Waals surface area contributed by atoms with Gasteiger partial charge < -0.3 is 14.7 Å².